The van der Waals surface area contributed by atoms with Crippen molar-refractivity contribution in [2.24, 2.45) is 23.7 Å². The van der Waals surface area contributed by atoms with Crippen LogP contribution < -0.4 is 0 Å². The van der Waals surface area contributed by atoms with E-state index in [0.29, 0.717) is 0 Å². The fourth-order valence-corrected chi connectivity index (χ4v) is 3.18. The van der Waals surface area contributed by atoms with Gasteiger partial charge in [0.05, 0.1) is 0 Å². The van der Waals surface area contributed by atoms with Crippen molar-refractivity contribution in [2.45, 2.75) is 25.7 Å². The highest BCUT2D eigenvalue weighted by molar-refractivity contribution is 5.07. The van der Waals surface area contributed by atoms with Crippen molar-refractivity contribution in [2.75, 3.05) is 0 Å². The molecule has 0 aromatic carbocycles. The zero-order valence-electron chi connectivity index (χ0n) is 5.14. The van der Waals surface area contributed by atoms with Crippen molar-refractivity contribution in [1.29, 1.82) is 0 Å². The molecule has 4 aliphatic carbocycles. The van der Waals surface area contributed by atoms with Gasteiger partial charge in [0, 0.05) is 0 Å². The van der Waals surface area contributed by atoms with Gasteiger partial charge in [0.15, 0.2) is 0 Å². The maximum absolute atomic E-state index is 1.62. The molecule has 0 saturated heterocycles. The number of hydrogen-bond acceptors (Lipinski definition) is 0. The average molecular weight is 108 g/mol. The van der Waals surface area contributed by atoms with E-state index in [0.717, 1.165) is 0 Å². The zero-order chi connectivity index (χ0) is 5.14. The van der Waals surface area contributed by atoms with E-state index >= 15 is 0 Å². The van der Waals surface area contributed by atoms with Gasteiger partial charge in [0.1, 0.15) is 0 Å². The zero-order valence-corrected chi connectivity index (χ0v) is 5.14. The standard InChI is InChI=1S/C8H12/c1-2-6-7-3-5(1)4-8(6)7/h5-8H,1-4H2. The van der Waals surface area contributed by atoms with Gasteiger partial charge < -0.3 is 0 Å². The molecular weight excluding hydrogens is 96.1 g/mol. The van der Waals surface area contributed by atoms with E-state index < -0.39 is 0 Å². The van der Waals surface area contributed by atoms with Crippen LogP contribution in [-0.4, -0.2) is 0 Å². The third kappa shape index (κ3) is 0.284. The maximum Gasteiger partial charge on any atom is -0.0349 e. The minimum absolute atomic E-state index is 1.19. The molecule has 2 atom stereocenters. The van der Waals surface area contributed by atoms with Gasteiger partial charge in [0.2, 0.25) is 0 Å². The van der Waals surface area contributed by atoms with Gasteiger partial charge in [-0.1, -0.05) is 6.42 Å². The van der Waals surface area contributed by atoms with E-state index in [1.54, 1.807) is 25.7 Å². The molecule has 4 saturated carbocycles. The molecule has 4 fully saturated rings. The summed E-state index contributed by atoms with van der Waals surface area (Å²) in [6.07, 6.45) is 6.42. The van der Waals surface area contributed by atoms with Crippen molar-refractivity contribution >= 4 is 0 Å². The van der Waals surface area contributed by atoms with Crippen LogP contribution in [0.3, 0.4) is 0 Å². The van der Waals surface area contributed by atoms with E-state index in [2.05, 4.69) is 0 Å². The summed E-state index contributed by atoms with van der Waals surface area (Å²) in [5, 5.41) is 0. The lowest BCUT2D eigenvalue weighted by atomic mass is 9.86. The third-order valence-electron chi connectivity index (χ3n) is 3.63. The molecule has 0 heterocycles. The summed E-state index contributed by atoms with van der Waals surface area (Å²) in [5.41, 5.74) is 0. The van der Waals surface area contributed by atoms with Crippen LogP contribution in [0, 0.1) is 23.7 Å². The monoisotopic (exact) mass is 108 g/mol. The van der Waals surface area contributed by atoms with Crippen molar-refractivity contribution in [3.05, 3.63) is 0 Å². The van der Waals surface area contributed by atoms with Crippen molar-refractivity contribution < 1.29 is 0 Å². The van der Waals surface area contributed by atoms with Crippen LogP contribution in [0.5, 0.6) is 0 Å². The normalized spacial score (nSPS) is 66.0. The maximum atomic E-state index is 1.62. The molecule has 0 N–H and O–H groups in total. The first-order chi connectivity index (χ1) is 3.95. The van der Waals surface area contributed by atoms with Crippen LogP contribution >= 0.6 is 0 Å². The Labute approximate surface area is 50.3 Å². The second-order valence-electron chi connectivity index (χ2n) is 3.91. The van der Waals surface area contributed by atoms with Crippen molar-refractivity contribution in [1.82, 2.24) is 0 Å². The van der Waals surface area contributed by atoms with Crippen LogP contribution in [0.25, 0.3) is 0 Å². The summed E-state index contributed by atoms with van der Waals surface area (Å²) < 4.78 is 0. The molecule has 4 rings (SSSR count). The van der Waals surface area contributed by atoms with Crippen molar-refractivity contribution in [3.63, 3.8) is 0 Å². The largest absolute Gasteiger partial charge is 0.0501 e. The smallest absolute Gasteiger partial charge is 0.0349 e. The van der Waals surface area contributed by atoms with Gasteiger partial charge >= 0.3 is 0 Å². The number of hydrogen-bond donors (Lipinski definition) is 0. The minimum atomic E-state index is 1.19. The SMILES string of the molecule is C1CC2C3CC1CC23. The summed E-state index contributed by atoms with van der Waals surface area (Å²) in [6, 6.07) is 0. The summed E-state index contributed by atoms with van der Waals surface area (Å²) >= 11 is 0. The molecule has 0 radical (unpaired) electrons. The van der Waals surface area contributed by atoms with E-state index in [1.807, 2.05) is 0 Å². The fourth-order valence-electron chi connectivity index (χ4n) is 3.18. The van der Waals surface area contributed by atoms with Crippen LogP contribution in [-0.2, 0) is 0 Å². The average Bonchev–Trinajstić information content (AvgIpc) is 2.38. The first-order valence-electron chi connectivity index (χ1n) is 3.95. The van der Waals surface area contributed by atoms with Gasteiger partial charge in [-0.2, -0.15) is 0 Å². The molecule has 4 aliphatic rings. The number of fused-ring (bicyclic) bond motifs is 1. The molecule has 0 aromatic heterocycles. The van der Waals surface area contributed by atoms with E-state index in [-0.39, 0.29) is 0 Å². The molecule has 4 bridgehead atoms. The molecule has 2 unspecified atom stereocenters. The van der Waals surface area contributed by atoms with E-state index in [9.17, 15) is 0 Å². The molecule has 0 heteroatoms. The Balaban J connectivity index is 1.99. The second kappa shape index (κ2) is 0.984. The molecule has 44 valence electrons. The summed E-state index contributed by atoms with van der Waals surface area (Å²) in [7, 11) is 0. The topological polar surface area (TPSA) is 0 Å². The van der Waals surface area contributed by atoms with Gasteiger partial charge in [-0.15, -0.1) is 0 Å². The lowest BCUT2D eigenvalue weighted by Crippen LogP contribution is -2.08. The predicted molar refractivity (Wildman–Crippen MR) is 32.4 cm³/mol. The Morgan fingerprint density at radius 3 is 1.75 bits per heavy atom. The van der Waals surface area contributed by atoms with Gasteiger partial charge in [-0.3, -0.25) is 0 Å². The Morgan fingerprint density at radius 2 is 1.50 bits per heavy atom. The first-order valence-corrected chi connectivity index (χ1v) is 3.95. The van der Waals surface area contributed by atoms with E-state index in [4.69, 9.17) is 0 Å². The highest BCUT2D eigenvalue weighted by Crippen LogP contribution is 2.66. The van der Waals surface area contributed by atoms with Gasteiger partial charge in [-0.05, 0) is 42.9 Å². The Bertz CT molecular complexity index is 107. The highest BCUT2D eigenvalue weighted by atomic mass is 14.6. The lowest BCUT2D eigenvalue weighted by molar-refractivity contribution is 0.316. The van der Waals surface area contributed by atoms with Gasteiger partial charge in [0.25, 0.3) is 0 Å². The number of rotatable bonds is 0. The Morgan fingerprint density at radius 1 is 0.750 bits per heavy atom. The Hall–Kier alpha value is 0. The molecule has 0 amide bonds. The van der Waals surface area contributed by atoms with Gasteiger partial charge in [-0.25, -0.2) is 0 Å². The molecule has 0 aromatic rings. The molecule has 8 heavy (non-hydrogen) atoms. The Kier molecular flexibility index (Phi) is 0.482. The molecular formula is C8H12. The highest BCUT2D eigenvalue weighted by Gasteiger charge is 2.58. The van der Waals surface area contributed by atoms with Crippen LogP contribution in [0.2, 0.25) is 0 Å². The first kappa shape index (κ1) is 3.92. The quantitative estimate of drug-likeness (QED) is 0.445. The van der Waals surface area contributed by atoms with E-state index in [1.165, 1.54) is 23.7 Å². The molecule has 0 aliphatic heterocycles. The summed E-state index contributed by atoms with van der Waals surface area (Å²) in [6.45, 7) is 0. The van der Waals surface area contributed by atoms with Crippen LogP contribution in [0.1, 0.15) is 25.7 Å². The van der Waals surface area contributed by atoms with Crippen LogP contribution in [0.4, 0.5) is 0 Å². The van der Waals surface area contributed by atoms with Crippen LogP contribution in [0.15, 0.2) is 0 Å². The second-order valence-corrected chi connectivity index (χ2v) is 3.91. The predicted octanol–water partition coefficient (Wildman–Crippen LogP) is 2.05. The fraction of sp³-hybridized carbons (Fsp3) is 1.00. The third-order valence-corrected chi connectivity index (χ3v) is 3.63. The minimum Gasteiger partial charge on any atom is -0.0501 e. The van der Waals surface area contributed by atoms with Crippen molar-refractivity contribution in [3.8, 4) is 0 Å². The summed E-state index contributed by atoms with van der Waals surface area (Å²) in [5.74, 6) is 4.91. The summed E-state index contributed by atoms with van der Waals surface area (Å²) in [4.78, 5) is 0. The molecule has 0 spiro atoms. The lowest BCUT2D eigenvalue weighted by Gasteiger charge is -2.20. The molecule has 0 nitrogen and oxygen atoms in total.